The first kappa shape index (κ1) is 12.2. The van der Waals surface area contributed by atoms with Crippen LogP contribution in [0.1, 0.15) is 23.7 Å². The van der Waals surface area contributed by atoms with E-state index < -0.39 is 0 Å². The number of nitrogens with two attached hydrogens (primary N) is 1. The molecule has 1 aromatic rings. The molecule has 4 heteroatoms. The molecule has 0 saturated carbocycles. The summed E-state index contributed by atoms with van der Waals surface area (Å²) in [5.41, 5.74) is 5.85. The Bertz CT molecular complexity index is 363. The highest BCUT2D eigenvalue weighted by atomic mass is 16.5. The van der Waals surface area contributed by atoms with Crippen molar-refractivity contribution in [3.63, 3.8) is 0 Å². The highest BCUT2D eigenvalue weighted by Crippen LogP contribution is 2.04. The first-order valence-electron chi connectivity index (χ1n) is 5.17. The van der Waals surface area contributed by atoms with Crippen LogP contribution < -0.4 is 5.73 Å². The average molecular weight is 220 g/mol. The van der Waals surface area contributed by atoms with Gasteiger partial charge in [-0.2, -0.15) is 0 Å². The van der Waals surface area contributed by atoms with Gasteiger partial charge in [0, 0.05) is 5.92 Å². The number of carbonyl (C=O) groups excluding carboxylic acids is 1. The van der Waals surface area contributed by atoms with Gasteiger partial charge in [-0.1, -0.05) is 25.1 Å². The van der Waals surface area contributed by atoms with Gasteiger partial charge in [0.2, 0.25) is 0 Å². The lowest BCUT2D eigenvalue weighted by Gasteiger charge is -2.09. The molecule has 4 nitrogen and oxygen atoms in total. The maximum atomic E-state index is 11.5. The van der Waals surface area contributed by atoms with Crippen LogP contribution in [0, 0.1) is 11.3 Å². The normalized spacial score (nSPS) is 11.8. The minimum atomic E-state index is -0.337. The number of esters is 1. The van der Waals surface area contributed by atoms with Gasteiger partial charge in [0.05, 0.1) is 18.0 Å². The van der Waals surface area contributed by atoms with Crippen LogP contribution in [0.15, 0.2) is 30.3 Å². The van der Waals surface area contributed by atoms with Gasteiger partial charge in [-0.15, -0.1) is 0 Å². The smallest absolute Gasteiger partial charge is 0.338 e. The Morgan fingerprint density at radius 3 is 2.62 bits per heavy atom. The fourth-order valence-corrected chi connectivity index (χ4v) is 1.14. The highest BCUT2D eigenvalue weighted by molar-refractivity contribution is 5.89. The Kier molecular flexibility index (Phi) is 4.51. The summed E-state index contributed by atoms with van der Waals surface area (Å²) in [6.07, 6.45) is 0.577. The molecule has 1 unspecified atom stereocenters. The van der Waals surface area contributed by atoms with Gasteiger partial charge >= 0.3 is 5.97 Å². The second-order valence-corrected chi connectivity index (χ2v) is 3.65. The van der Waals surface area contributed by atoms with Crippen LogP contribution in [0.25, 0.3) is 0 Å². The van der Waals surface area contributed by atoms with Crippen molar-refractivity contribution in [3.8, 4) is 0 Å². The molecule has 3 N–H and O–H groups in total. The lowest BCUT2D eigenvalue weighted by atomic mass is 10.1. The van der Waals surface area contributed by atoms with Crippen molar-refractivity contribution >= 4 is 11.8 Å². The number of hydrogen-bond donors (Lipinski definition) is 2. The number of rotatable bonds is 5. The summed E-state index contributed by atoms with van der Waals surface area (Å²) < 4.78 is 5.06. The molecule has 0 spiro atoms. The number of hydrogen-bond acceptors (Lipinski definition) is 3. The zero-order valence-electron chi connectivity index (χ0n) is 9.27. The molecule has 16 heavy (non-hydrogen) atoms. The molecule has 0 aromatic heterocycles. The molecule has 0 radical (unpaired) electrons. The molecule has 0 heterocycles. The Labute approximate surface area is 94.9 Å². The predicted octanol–water partition coefficient (Wildman–Crippen LogP) is 1.81. The van der Waals surface area contributed by atoms with Crippen LogP contribution in [-0.2, 0) is 4.74 Å². The van der Waals surface area contributed by atoms with Crippen LogP contribution in [0.2, 0.25) is 0 Å². The third kappa shape index (κ3) is 3.73. The van der Waals surface area contributed by atoms with Crippen LogP contribution >= 0.6 is 0 Å². The van der Waals surface area contributed by atoms with Crippen LogP contribution in [-0.4, -0.2) is 18.4 Å². The van der Waals surface area contributed by atoms with E-state index >= 15 is 0 Å². The van der Waals surface area contributed by atoms with Gasteiger partial charge in [0.25, 0.3) is 0 Å². The third-order valence-electron chi connectivity index (χ3n) is 2.32. The fraction of sp³-hybridized carbons (Fsp3) is 0.333. The molecular formula is C12H16N2O2. The van der Waals surface area contributed by atoms with E-state index in [0.717, 1.165) is 0 Å². The van der Waals surface area contributed by atoms with Crippen molar-refractivity contribution in [2.45, 2.75) is 13.3 Å². The highest BCUT2D eigenvalue weighted by Gasteiger charge is 2.08. The predicted molar refractivity (Wildman–Crippen MR) is 62.4 cm³/mol. The SMILES string of the molecule is CC(CCOC(=O)c1ccccc1)C(=N)N. The first-order chi connectivity index (χ1) is 7.61. The molecule has 0 bridgehead atoms. The van der Waals surface area contributed by atoms with Crippen LogP contribution in [0.5, 0.6) is 0 Å². The summed E-state index contributed by atoms with van der Waals surface area (Å²) in [4.78, 5) is 11.5. The number of amidine groups is 1. The topological polar surface area (TPSA) is 76.2 Å². The molecule has 1 atom stereocenters. The average Bonchev–Trinajstić information content (AvgIpc) is 2.29. The lowest BCUT2D eigenvalue weighted by molar-refractivity contribution is 0.0493. The summed E-state index contributed by atoms with van der Waals surface area (Å²) in [6, 6.07) is 8.83. The molecular weight excluding hydrogens is 204 g/mol. The van der Waals surface area contributed by atoms with E-state index in [0.29, 0.717) is 12.0 Å². The van der Waals surface area contributed by atoms with Gasteiger partial charge < -0.3 is 10.5 Å². The van der Waals surface area contributed by atoms with Crippen molar-refractivity contribution in [1.82, 2.24) is 0 Å². The van der Waals surface area contributed by atoms with E-state index in [1.54, 1.807) is 24.3 Å². The van der Waals surface area contributed by atoms with Crippen molar-refractivity contribution in [1.29, 1.82) is 5.41 Å². The zero-order valence-corrected chi connectivity index (χ0v) is 9.27. The molecule has 0 aliphatic rings. The van der Waals surface area contributed by atoms with E-state index in [1.807, 2.05) is 13.0 Å². The molecule has 1 aromatic carbocycles. The maximum Gasteiger partial charge on any atom is 0.338 e. The standard InChI is InChI=1S/C12H16N2O2/c1-9(11(13)14)7-8-16-12(15)10-5-3-2-4-6-10/h2-6,9H,7-8H2,1H3,(H3,13,14). The summed E-state index contributed by atoms with van der Waals surface area (Å²) in [5.74, 6) is -0.268. The van der Waals surface area contributed by atoms with Crippen molar-refractivity contribution in [2.75, 3.05) is 6.61 Å². The molecule has 0 aliphatic carbocycles. The second kappa shape index (κ2) is 5.90. The van der Waals surface area contributed by atoms with E-state index in [2.05, 4.69) is 0 Å². The largest absolute Gasteiger partial charge is 0.462 e. The second-order valence-electron chi connectivity index (χ2n) is 3.65. The molecule has 0 saturated heterocycles. The van der Waals surface area contributed by atoms with Crippen LogP contribution in [0.3, 0.4) is 0 Å². The molecule has 1 rings (SSSR count). The third-order valence-corrected chi connectivity index (χ3v) is 2.32. The number of carbonyl (C=O) groups is 1. The van der Waals surface area contributed by atoms with Gasteiger partial charge in [0.1, 0.15) is 0 Å². The number of ether oxygens (including phenoxy) is 1. The summed E-state index contributed by atoms with van der Waals surface area (Å²) in [7, 11) is 0. The van der Waals surface area contributed by atoms with Gasteiger partial charge in [0.15, 0.2) is 0 Å². The van der Waals surface area contributed by atoms with E-state index in [9.17, 15) is 4.79 Å². The van der Waals surface area contributed by atoms with Crippen molar-refractivity contribution in [2.24, 2.45) is 11.7 Å². The lowest BCUT2D eigenvalue weighted by Crippen LogP contribution is -2.21. The maximum absolute atomic E-state index is 11.5. The quantitative estimate of drug-likeness (QED) is 0.451. The Hall–Kier alpha value is -1.84. The minimum absolute atomic E-state index is 0.0522. The monoisotopic (exact) mass is 220 g/mol. The van der Waals surface area contributed by atoms with Gasteiger partial charge in [-0.05, 0) is 18.6 Å². The molecule has 0 amide bonds. The molecule has 86 valence electrons. The Morgan fingerprint density at radius 2 is 2.06 bits per heavy atom. The summed E-state index contributed by atoms with van der Waals surface area (Å²) >= 11 is 0. The summed E-state index contributed by atoms with van der Waals surface area (Å²) in [5, 5.41) is 7.19. The first-order valence-corrected chi connectivity index (χ1v) is 5.17. The van der Waals surface area contributed by atoms with Crippen molar-refractivity contribution < 1.29 is 9.53 Å². The summed E-state index contributed by atoms with van der Waals surface area (Å²) in [6.45, 7) is 2.12. The number of benzene rings is 1. The van der Waals surface area contributed by atoms with Crippen molar-refractivity contribution in [3.05, 3.63) is 35.9 Å². The Balaban J connectivity index is 2.34. The van der Waals surface area contributed by atoms with Gasteiger partial charge in [-0.25, -0.2) is 4.79 Å². The fourth-order valence-electron chi connectivity index (χ4n) is 1.14. The Morgan fingerprint density at radius 1 is 1.44 bits per heavy atom. The van der Waals surface area contributed by atoms with E-state index in [-0.39, 0.29) is 24.3 Å². The van der Waals surface area contributed by atoms with Gasteiger partial charge in [-0.3, -0.25) is 5.41 Å². The molecule has 0 fully saturated rings. The van der Waals surface area contributed by atoms with E-state index in [1.165, 1.54) is 0 Å². The van der Waals surface area contributed by atoms with Crippen LogP contribution in [0.4, 0.5) is 0 Å². The van der Waals surface area contributed by atoms with E-state index in [4.69, 9.17) is 15.9 Å². The molecule has 0 aliphatic heterocycles. The number of nitrogens with one attached hydrogen (secondary N) is 1. The zero-order chi connectivity index (χ0) is 12.0. The minimum Gasteiger partial charge on any atom is -0.462 e.